The van der Waals surface area contributed by atoms with Crippen molar-refractivity contribution in [2.75, 3.05) is 7.11 Å². The van der Waals surface area contributed by atoms with Crippen LogP contribution in [-0.2, 0) is 0 Å². The van der Waals surface area contributed by atoms with Crippen LogP contribution in [0.2, 0.25) is 0 Å². The minimum Gasteiger partial charge on any atom is -0.496 e. The van der Waals surface area contributed by atoms with Gasteiger partial charge >= 0.3 is 0 Å². The van der Waals surface area contributed by atoms with E-state index in [0.717, 1.165) is 22.4 Å². The average Bonchev–Trinajstić information content (AvgIpc) is 2.16. The first-order chi connectivity index (χ1) is 6.99. The Hall–Kier alpha value is -1.02. The van der Waals surface area contributed by atoms with Gasteiger partial charge in [0.2, 0.25) is 0 Å². The Kier molecular flexibility index (Phi) is 3.75. The summed E-state index contributed by atoms with van der Waals surface area (Å²) < 4.78 is 5.37. The molecule has 0 fully saturated rings. The number of hydrogen-bond acceptors (Lipinski definition) is 2. The number of aryl methyl sites for hydroxylation is 1. The van der Waals surface area contributed by atoms with E-state index in [1.54, 1.807) is 14.0 Å². The summed E-state index contributed by atoms with van der Waals surface area (Å²) in [4.78, 5) is 0. The summed E-state index contributed by atoms with van der Waals surface area (Å²) in [5, 5.41) is 9.81. The van der Waals surface area contributed by atoms with Crippen LogP contribution in [0.25, 0.3) is 0 Å². The van der Waals surface area contributed by atoms with Crippen LogP contribution in [0.15, 0.2) is 12.1 Å². The zero-order chi connectivity index (χ0) is 11.6. The fraction of sp³-hybridized carbons (Fsp3) is 0.538. The second-order valence-electron chi connectivity index (χ2n) is 4.25. The standard InChI is InChI=1S/C13H20O2/c1-8(2)11-7-6-9(3)13(15-5)12(11)10(4)14/h6-8,10,14H,1-5H3. The van der Waals surface area contributed by atoms with Crippen LogP contribution < -0.4 is 4.74 Å². The van der Waals surface area contributed by atoms with E-state index in [1.165, 1.54) is 0 Å². The van der Waals surface area contributed by atoms with E-state index < -0.39 is 6.10 Å². The van der Waals surface area contributed by atoms with E-state index in [4.69, 9.17) is 4.74 Å². The Bertz CT molecular complexity index is 341. The maximum Gasteiger partial charge on any atom is 0.127 e. The number of benzene rings is 1. The Morgan fingerprint density at radius 2 is 1.80 bits per heavy atom. The molecule has 0 aliphatic carbocycles. The molecule has 15 heavy (non-hydrogen) atoms. The molecule has 2 nitrogen and oxygen atoms in total. The summed E-state index contributed by atoms with van der Waals surface area (Å²) in [5.74, 6) is 1.21. The third-order valence-electron chi connectivity index (χ3n) is 2.67. The van der Waals surface area contributed by atoms with Crippen molar-refractivity contribution in [3.8, 4) is 5.75 Å². The quantitative estimate of drug-likeness (QED) is 0.826. The lowest BCUT2D eigenvalue weighted by Crippen LogP contribution is -2.05. The summed E-state index contributed by atoms with van der Waals surface area (Å²) in [6.07, 6.45) is -0.489. The molecule has 0 aliphatic rings. The molecule has 1 aromatic carbocycles. The van der Waals surface area contributed by atoms with Crippen molar-refractivity contribution in [1.29, 1.82) is 0 Å². The Labute approximate surface area is 91.9 Å². The first kappa shape index (κ1) is 12.1. The lowest BCUT2D eigenvalue weighted by molar-refractivity contribution is 0.192. The first-order valence-electron chi connectivity index (χ1n) is 5.34. The fourth-order valence-electron chi connectivity index (χ4n) is 1.93. The van der Waals surface area contributed by atoms with Crippen LogP contribution >= 0.6 is 0 Å². The summed E-state index contributed by atoms with van der Waals surface area (Å²) in [5.41, 5.74) is 3.15. The average molecular weight is 208 g/mol. The van der Waals surface area contributed by atoms with E-state index >= 15 is 0 Å². The zero-order valence-electron chi connectivity index (χ0n) is 10.2. The van der Waals surface area contributed by atoms with Crippen molar-refractivity contribution in [1.82, 2.24) is 0 Å². The fourth-order valence-corrected chi connectivity index (χ4v) is 1.93. The number of hydrogen-bond donors (Lipinski definition) is 1. The van der Waals surface area contributed by atoms with Gasteiger partial charge in [0.25, 0.3) is 0 Å². The number of aliphatic hydroxyl groups is 1. The molecule has 0 bridgehead atoms. The van der Waals surface area contributed by atoms with Crippen LogP contribution in [0.3, 0.4) is 0 Å². The van der Waals surface area contributed by atoms with Gasteiger partial charge in [-0.25, -0.2) is 0 Å². The third-order valence-corrected chi connectivity index (χ3v) is 2.67. The Morgan fingerprint density at radius 1 is 1.20 bits per heavy atom. The maximum atomic E-state index is 9.81. The summed E-state index contributed by atoms with van der Waals surface area (Å²) in [7, 11) is 1.65. The van der Waals surface area contributed by atoms with E-state index in [0.29, 0.717) is 5.92 Å². The molecule has 0 saturated heterocycles. The van der Waals surface area contributed by atoms with E-state index in [1.807, 2.05) is 13.0 Å². The van der Waals surface area contributed by atoms with Crippen LogP contribution in [0.1, 0.15) is 49.5 Å². The molecule has 0 amide bonds. The molecular weight excluding hydrogens is 188 g/mol. The van der Waals surface area contributed by atoms with Gasteiger partial charge in [-0.1, -0.05) is 26.0 Å². The molecule has 0 saturated carbocycles. The molecule has 1 rings (SSSR count). The molecule has 1 atom stereocenters. The molecule has 0 aliphatic heterocycles. The zero-order valence-corrected chi connectivity index (χ0v) is 10.2. The summed E-state index contributed by atoms with van der Waals surface area (Å²) >= 11 is 0. The molecule has 1 N–H and O–H groups in total. The molecule has 1 aromatic rings. The highest BCUT2D eigenvalue weighted by molar-refractivity contribution is 5.48. The maximum absolute atomic E-state index is 9.81. The molecule has 0 heterocycles. The molecular formula is C13H20O2. The minimum absolute atomic E-state index is 0.393. The number of ether oxygens (including phenoxy) is 1. The smallest absolute Gasteiger partial charge is 0.127 e. The Balaban J connectivity index is 3.42. The van der Waals surface area contributed by atoms with Gasteiger partial charge in [-0.05, 0) is 30.9 Å². The van der Waals surface area contributed by atoms with Crippen molar-refractivity contribution >= 4 is 0 Å². The lowest BCUT2D eigenvalue weighted by atomic mass is 9.92. The molecule has 0 radical (unpaired) electrons. The molecule has 1 unspecified atom stereocenters. The van der Waals surface area contributed by atoms with Gasteiger partial charge in [-0.3, -0.25) is 0 Å². The van der Waals surface area contributed by atoms with Crippen LogP contribution in [0.5, 0.6) is 5.75 Å². The number of methoxy groups -OCH3 is 1. The predicted octanol–water partition coefficient (Wildman–Crippen LogP) is 3.18. The van der Waals surface area contributed by atoms with Gasteiger partial charge in [0.1, 0.15) is 5.75 Å². The van der Waals surface area contributed by atoms with Gasteiger partial charge in [0, 0.05) is 5.56 Å². The largest absolute Gasteiger partial charge is 0.496 e. The monoisotopic (exact) mass is 208 g/mol. The van der Waals surface area contributed by atoms with Gasteiger partial charge in [0.15, 0.2) is 0 Å². The van der Waals surface area contributed by atoms with E-state index in [-0.39, 0.29) is 0 Å². The SMILES string of the molecule is COc1c(C)ccc(C(C)C)c1C(C)O. The highest BCUT2D eigenvalue weighted by Crippen LogP contribution is 2.35. The predicted molar refractivity (Wildman–Crippen MR) is 62.5 cm³/mol. The van der Waals surface area contributed by atoms with Crippen molar-refractivity contribution < 1.29 is 9.84 Å². The minimum atomic E-state index is -0.489. The normalized spacial score (nSPS) is 13.0. The summed E-state index contributed by atoms with van der Waals surface area (Å²) in [6, 6.07) is 4.12. The van der Waals surface area contributed by atoms with Gasteiger partial charge in [0.05, 0.1) is 13.2 Å². The van der Waals surface area contributed by atoms with Crippen LogP contribution in [0, 0.1) is 6.92 Å². The first-order valence-corrected chi connectivity index (χ1v) is 5.34. The lowest BCUT2D eigenvalue weighted by Gasteiger charge is -2.20. The topological polar surface area (TPSA) is 29.5 Å². The number of aliphatic hydroxyl groups excluding tert-OH is 1. The molecule has 0 spiro atoms. The second kappa shape index (κ2) is 4.67. The van der Waals surface area contributed by atoms with E-state index in [2.05, 4.69) is 19.9 Å². The van der Waals surface area contributed by atoms with E-state index in [9.17, 15) is 5.11 Å². The summed E-state index contributed by atoms with van der Waals surface area (Å²) in [6.45, 7) is 8.02. The highest BCUT2D eigenvalue weighted by atomic mass is 16.5. The second-order valence-corrected chi connectivity index (χ2v) is 4.25. The van der Waals surface area contributed by atoms with Gasteiger partial charge in [-0.15, -0.1) is 0 Å². The molecule has 0 aromatic heterocycles. The van der Waals surface area contributed by atoms with Gasteiger partial charge in [-0.2, -0.15) is 0 Å². The number of rotatable bonds is 3. The van der Waals surface area contributed by atoms with Crippen LogP contribution in [0.4, 0.5) is 0 Å². The van der Waals surface area contributed by atoms with Crippen molar-refractivity contribution in [2.24, 2.45) is 0 Å². The highest BCUT2D eigenvalue weighted by Gasteiger charge is 2.17. The van der Waals surface area contributed by atoms with Crippen molar-refractivity contribution in [3.63, 3.8) is 0 Å². The van der Waals surface area contributed by atoms with Crippen molar-refractivity contribution in [2.45, 2.75) is 39.7 Å². The molecule has 84 valence electrons. The van der Waals surface area contributed by atoms with Gasteiger partial charge < -0.3 is 9.84 Å². The third kappa shape index (κ3) is 2.32. The van der Waals surface area contributed by atoms with Crippen LogP contribution in [-0.4, -0.2) is 12.2 Å². The Morgan fingerprint density at radius 3 is 2.20 bits per heavy atom. The van der Waals surface area contributed by atoms with Crippen molar-refractivity contribution in [3.05, 3.63) is 28.8 Å². The molecule has 2 heteroatoms.